The quantitative estimate of drug-likeness (QED) is 0.719. The van der Waals surface area contributed by atoms with E-state index < -0.39 is 12.0 Å². The lowest BCUT2D eigenvalue weighted by molar-refractivity contribution is -0.139. The molecule has 1 aromatic rings. The lowest BCUT2D eigenvalue weighted by Crippen LogP contribution is -2.34. The molecule has 0 amide bonds. The molecule has 0 aliphatic heterocycles. The second kappa shape index (κ2) is 5.50. The maximum Gasteiger partial charge on any atom is 0.320 e. The summed E-state index contributed by atoms with van der Waals surface area (Å²) in [5.74, 6) is 0.186. The fraction of sp³-hybridized carbons (Fsp3) is 0.600. The van der Waals surface area contributed by atoms with Gasteiger partial charge in [0.15, 0.2) is 0 Å². The van der Waals surface area contributed by atoms with Gasteiger partial charge in [-0.05, 0) is 13.5 Å². The monoisotopic (exact) mass is 211 g/mol. The number of nitrogens with one attached hydrogen (secondary N) is 1. The van der Waals surface area contributed by atoms with Crippen molar-refractivity contribution >= 4 is 5.97 Å². The number of carboxylic acids is 1. The number of aryl methyl sites for hydroxylation is 2. The normalized spacial score (nSPS) is 12.7. The fourth-order valence-corrected chi connectivity index (χ4v) is 1.52. The van der Waals surface area contributed by atoms with Gasteiger partial charge in [0, 0.05) is 25.4 Å². The molecule has 1 aromatic heterocycles. The molecule has 84 valence electrons. The van der Waals surface area contributed by atoms with Crippen molar-refractivity contribution in [2.45, 2.75) is 32.4 Å². The Morgan fingerprint density at radius 3 is 3.00 bits per heavy atom. The van der Waals surface area contributed by atoms with Gasteiger partial charge < -0.3 is 15.0 Å². The molecule has 1 atom stereocenters. The highest BCUT2D eigenvalue weighted by Crippen LogP contribution is 2.02. The number of hydrogen-bond donors (Lipinski definition) is 2. The molecule has 0 aliphatic carbocycles. The molecule has 15 heavy (non-hydrogen) atoms. The predicted molar refractivity (Wildman–Crippen MR) is 56.7 cm³/mol. The SMILES string of the molecule is CCc1nccn1CCC(NC)C(=O)O. The Balaban J connectivity index is 2.52. The molecule has 0 spiro atoms. The summed E-state index contributed by atoms with van der Waals surface area (Å²) in [5.41, 5.74) is 0. The van der Waals surface area contributed by atoms with Crippen molar-refractivity contribution < 1.29 is 9.90 Å². The number of nitrogens with zero attached hydrogens (tertiary/aromatic N) is 2. The fourth-order valence-electron chi connectivity index (χ4n) is 1.52. The van der Waals surface area contributed by atoms with Crippen LogP contribution in [-0.2, 0) is 17.8 Å². The molecule has 5 nitrogen and oxygen atoms in total. The summed E-state index contributed by atoms with van der Waals surface area (Å²) in [4.78, 5) is 14.9. The lowest BCUT2D eigenvalue weighted by atomic mass is 10.2. The van der Waals surface area contributed by atoms with Crippen LogP contribution in [0.2, 0.25) is 0 Å². The highest BCUT2D eigenvalue weighted by molar-refractivity contribution is 5.73. The van der Waals surface area contributed by atoms with E-state index in [1.807, 2.05) is 17.7 Å². The Morgan fingerprint density at radius 1 is 1.73 bits per heavy atom. The average molecular weight is 211 g/mol. The Morgan fingerprint density at radius 2 is 2.47 bits per heavy atom. The first-order valence-corrected chi connectivity index (χ1v) is 5.09. The largest absolute Gasteiger partial charge is 0.480 e. The highest BCUT2D eigenvalue weighted by Gasteiger charge is 2.14. The first-order valence-electron chi connectivity index (χ1n) is 5.09. The van der Waals surface area contributed by atoms with Gasteiger partial charge in [-0.2, -0.15) is 0 Å². The average Bonchev–Trinajstić information content (AvgIpc) is 2.65. The third-order valence-electron chi connectivity index (χ3n) is 2.42. The third kappa shape index (κ3) is 3.06. The summed E-state index contributed by atoms with van der Waals surface area (Å²) in [7, 11) is 1.66. The summed E-state index contributed by atoms with van der Waals surface area (Å²) in [6.45, 7) is 2.71. The van der Waals surface area contributed by atoms with E-state index in [2.05, 4.69) is 10.3 Å². The van der Waals surface area contributed by atoms with E-state index in [1.54, 1.807) is 13.2 Å². The van der Waals surface area contributed by atoms with E-state index in [4.69, 9.17) is 5.11 Å². The van der Waals surface area contributed by atoms with Crippen LogP contribution in [0.15, 0.2) is 12.4 Å². The zero-order valence-electron chi connectivity index (χ0n) is 9.10. The van der Waals surface area contributed by atoms with Crippen molar-refractivity contribution in [2.24, 2.45) is 0 Å². The summed E-state index contributed by atoms with van der Waals surface area (Å²) in [5, 5.41) is 11.6. The summed E-state index contributed by atoms with van der Waals surface area (Å²) in [6, 6.07) is -0.489. The maximum atomic E-state index is 10.8. The van der Waals surface area contributed by atoms with Gasteiger partial charge in [-0.1, -0.05) is 6.92 Å². The minimum absolute atomic E-state index is 0.489. The van der Waals surface area contributed by atoms with Gasteiger partial charge in [0.05, 0.1) is 0 Å². The second-order valence-electron chi connectivity index (χ2n) is 3.36. The van der Waals surface area contributed by atoms with Crippen molar-refractivity contribution in [1.29, 1.82) is 0 Å². The molecule has 0 saturated carbocycles. The highest BCUT2D eigenvalue weighted by atomic mass is 16.4. The van der Waals surface area contributed by atoms with Crippen molar-refractivity contribution in [3.05, 3.63) is 18.2 Å². The summed E-state index contributed by atoms with van der Waals surface area (Å²) >= 11 is 0. The van der Waals surface area contributed by atoms with Gasteiger partial charge in [-0.3, -0.25) is 4.79 Å². The van der Waals surface area contributed by atoms with E-state index in [0.717, 1.165) is 12.2 Å². The molecule has 2 N–H and O–H groups in total. The number of aromatic nitrogens is 2. The first-order chi connectivity index (χ1) is 7.19. The molecule has 0 aliphatic rings. The topological polar surface area (TPSA) is 67.2 Å². The van der Waals surface area contributed by atoms with Crippen LogP contribution in [0.25, 0.3) is 0 Å². The Bertz CT molecular complexity index is 322. The van der Waals surface area contributed by atoms with Crippen molar-refractivity contribution in [3.63, 3.8) is 0 Å². The smallest absolute Gasteiger partial charge is 0.320 e. The van der Waals surface area contributed by atoms with E-state index in [9.17, 15) is 4.79 Å². The third-order valence-corrected chi connectivity index (χ3v) is 2.42. The molecule has 0 saturated heterocycles. The number of carboxylic acid groups (broad SMARTS) is 1. The maximum absolute atomic E-state index is 10.8. The van der Waals surface area contributed by atoms with Crippen molar-refractivity contribution in [3.8, 4) is 0 Å². The molecule has 1 heterocycles. The molecule has 5 heteroatoms. The van der Waals surface area contributed by atoms with Crippen molar-refractivity contribution in [1.82, 2.24) is 14.9 Å². The van der Waals surface area contributed by atoms with Crippen molar-refractivity contribution in [2.75, 3.05) is 7.05 Å². The number of aliphatic carboxylic acids is 1. The van der Waals surface area contributed by atoms with Gasteiger partial charge in [-0.15, -0.1) is 0 Å². The summed E-state index contributed by atoms with van der Waals surface area (Å²) in [6.07, 6.45) is 5.06. The predicted octanol–water partition coefficient (Wildman–Crippen LogP) is 0.508. The van der Waals surface area contributed by atoms with Gasteiger partial charge in [0.25, 0.3) is 0 Å². The van der Waals surface area contributed by atoms with E-state index in [0.29, 0.717) is 13.0 Å². The molecule has 1 unspecified atom stereocenters. The molecule has 0 bridgehead atoms. The van der Waals surface area contributed by atoms with Crippen LogP contribution < -0.4 is 5.32 Å². The number of rotatable bonds is 6. The summed E-state index contributed by atoms with van der Waals surface area (Å²) < 4.78 is 1.99. The van der Waals surface area contributed by atoms with Crippen LogP contribution in [0.1, 0.15) is 19.2 Å². The Labute approximate surface area is 89.1 Å². The molecule has 0 aromatic carbocycles. The number of hydrogen-bond acceptors (Lipinski definition) is 3. The zero-order chi connectivity index (χ0) is 11.3. The molecule has 1 rings (SSSR count). The van der Waals surface area contributed by atoms with Crippen LogP contribution in [0.5, 0.6) is 0 Å². The van der Waals surface area contributed by atoms with Gasteiger partial charge >= 0.3 is 5.97 Å². The number of likely N-dealkylation sites (N-methyl/N-ethyl adjacent to an activating group) is 1. The minimum Gasteiger partial charge on any atom is -0.480 e. The van der Waals surface area contributed by atoms with Crippen LogP contribution in [0.4, 0.5) is 0 Å². The number of carbonyl (C=O) groups is 1. The van der Waals surface area contributed by atoms with Gasteiger partial charge in [0.1, 0.15) is 11.9 Å². The second-order valence-corrected chi connectivity index (χ2v) is 3.36. The van der Waals surface area contributed by atoms with Crippen LogP contribution in [0, 0.1) is 0 Å². The standard InChI is InChI=1S/C10H17N3O2/c1-3-9-12-5-7-13(9)6-4-8(11-2)10(14)15/h5,7-8,11H,3-4,6H2,1-2H3,(H,14,15). The van der Waals surface area contributed by atoms with Gasteiger partial charge in [-0.25, -0.2) is 4.98 Å². The molecule has 0 fully saturated rings. The van der Waals surface area contributed by atoms with Crippen LogP contribution in [-0.4, -0.2) is 33.7 Å². The van der Waals surface area contributed by atoms with Crippen LogP contribution >= 0.6 is 0 Å². The first kappa shape index (κ1) is 11.7. The van der Waals surface area contributed by atoms with E-state index in [1.165, 1.54) is 0 Å². The van der Waals surface area contributed by atoms with Crippen LogP contribution in [0.3, 0.4) is 0 Å². The lowest BCUT2D eigenvalue weighted by Gasteiger charge is -2.12. The van der Waals surface area contributed by atoms with Gasteiger partial charge in [0.2, 0.25) is 0 Å². The Hall–Kier alpha value is -1.36. The number of imidazole rings is 1. The zero-order valence-corrected chi connectivity index (χ0v) is 9.10. The molecule has 0 radical (unpaired) electrons. The molecular formula is C10H17N3O2. The Kier molecular flexibility index (Phi) is 4.30. The molecular weight excluding hydrogens is 194 g/mol. The van der Waals surface area contributed by atoms with E-state index >= 15 is 0 Å². The van der Waals surface area contributed by atoms with E-state index in [-0.39, 0.29) is 0 Å². The minimum atomic E-state index is -0.810.